The maximum atomic E-state index is 10.7. The zero-order valence-corrected chi connectivity index (χ0v) is 15.7. The first-order valence-corrected chi connectivity index (χ1v) is 8.88. The normalized spacial score (nSPS) is 11.2. The van der Waals surface area contributed by atoms with E-state index in [1.54, 1.807) is 24.3 Å². The maximum absolute atomic E-state index is 10.7. The molecule has 0 aliphatic carbocycles. The van der Waals surface area contributed by atoms with Crippen LogP contribution < -0.4 is 0 Å². The van der Waals surface area contributed by atoms with Gasteiger partial charge < -0.3 is 0 Å². The number of aryl methyl sites for hydroxylation is 1. The average molecular weight is 386 g/mol. The van der Waals surface area contributed by atoms with E-state index in [0.29, 0.717) is 0 Å². The Morgan fingerprint density at radius 2 is 1.03 bits per heavy atom. The summed E-state index contributed by atoms with van der Waals surface area (Å²) < 4.78 is 0. The van der Waals surface area contributed by atoms with Crippen molar-refractivity contribution in [3.63, 3.8) is 0 Å². The summed E-state index contributed by atoms with van der Waals surface area (Å²) >= 11 is 0. The minimum absolute atomic E-state index is 0.0714. The number of hydrogen-bond acceptors (Lipinski definition) is 4. The molecule has 0 N–H and O–H groups in total. The van der Waals surface area contributed by atoms with Gasteiger partial charge in [-0.25, -0.2) is 0 Å². The number of nitrogens with zero attached hydrogens (tertiary/aromatic N) is 2. The van der Waals surface area contributed by atoms with E-state index in [4.69, 9.17) is 0 Å². The van der Waals surface area contributed by atoms with Gasteiger partial charge in [0.1, 0.15) is 0 Å². The van der Waals surface area contributed by atoms with Gasteiger partial charge in [-0.05, 0) is 59.0 Å². The maximum Gasteiger partial charge on any atom is 0.269 e. The van der Waals surface area contributed by atoms with Gasteiger partial charge in [0.05, 0.1) is 9.85 Å². The molecular weight excluding hydrogens is 368 g/mol. The number of rotatable bonds is 6. The molecule has 0 spiro atoms. The first kappa shape index (κ1) is 19.7. The van der Waals surface area contributed by atoms with Crippen molar-refractivity contribution in [1.29, 1.82) is 0 Å². The highest BCUT2D eigenvalue weighted by Crippen LogP contribution is 2.19. The summed E-state index contributed by atoms with van der Waals surface area (Å²) in [4.78, 5) is 20.6. The van der Waals surface area contributed by atoms with E-state index in [1.807, 2.05) is 43.4 Å². The molecule has 6 heteroatoms. The average Bonchev–Trinajstić information content (AvgIpc) is 2.72. The molecule has 0 fully saturated rings. The molecule has 29 heavy (non-hydrogen) atoms. The van der Waals surface area contributed by atoms with Crippen molar-refractivity contribution in [2.45, 2.75) is 6.92 Å². The second-order valence-electron chi connectivity index (χ2n) is 6.48. The topological polar surface area (TPSA) is 86.3 Å². The molecule has 0 saturated carbocycles. The Hall–Kier alpha value is -4.06. The van der Waals surface area contributed by atoms with Gasteiger partial charge in [-0.3, -0.25) is 20.2 Å². The Morgan fingerprint density at radius 1 is 0.621 bits per heavy atom. The van der Waals surface area contributed by atoms with Crippen LogP contribution in [0.3, 0.4) is 0 Å². The number of nitro groups is 2. The van der Waals surface area contributed by atoms with Crippen molar-refractivity contribution < 1.29 is 9.85 Å². The quantitative estimate of drug-likeness (QED) is 0.289. The van der Waals surface area contributed by atoms with Crippen molar-refractivity contribution in [3.05, 3.63) is 115 Å². The van der Waals surface area contributed by atoms with E-state index < -0.39 is 9.85 Å². The van der Waals surface area contributed by atoms with E-state index >= 15 is 0 Å². The third kappa shape index (κ3) is 5.23. The molecule has 0 aliphatic heterocycles. The number of hydrogen-bond donors (Lipinski definition) is 0. The molecule has 0 aliphatic rings. The van der Waals surface area contributed by atoms with E-state index in [1.165, 1.54) is 24.3 Å². The molecule has 3 aromatic rings. The molecule has 0 amide bonds. The van der Waals surface area contributed by atoms with Crippen LogP contribution in [0.5, 0.6) is 0 Å². The van der Waals surface area contributed by atoms with Gasteiger partial charge in [0.2, 0.25) is 0 Å². The predicted molar refractivity (Wildman–Crippen MR) is 115 cm³/mol. The van der Waals surface area contributed by atoms with Gasteiger partial charge >= 0.3 is 0 Å². The standard InChI is InChI=1S/C23H18N2O4/c1-17-16-20(3-2-18-6-12-22(13-7-18)24(26)27)5-11-21(17)10-4-19-8-14-23(15-9-19)25(28)29/h2-16H,1H3. The van der Waals surface area contributed by atoms with Crippen molar-refractivity contribution in [2.75, 3.05) is 0 Å². The van der Waals surface area contributed by atoms with Gasteiger partial charge in [-0.1, -0.05) is 42.5 Å². The molecule has 0 heterocycles. The largest absolute Gasteiger partial charge is 0.269 e. The molecular formula is C23H18N2O4. The summed E-state index contributed by atoms with van der Waals surface area (Å²) in [5, 5.41) is 21.4. The molecule has 3 aromatic carbocycles. The Kier molecular flexibility index (Phi) is 5.94. The van der Waals surface area contributed by atoms with E-state index in [9.17, 15) is 20.2 Å². The Morgan fingerprint density at radius 3 is 1.48 bits per heavy atom. The summed E-state index contributed by atoms with van der Waals surface area (Å²) in [7, 11) is 0. The molecule has 3 rings (SSSR count). The second kappa shape index (κ2) is 8.75. The first-order valence-electron chi connectivity index (χ1n) is 8.88. The molecule has 0 radical (unpaired) electrons. The van der Waals surface area contributed by atoms with Crippen LogP contribution in [0.4, 0.5) is 11.4 Å². The zero-order chi connectivity index (χ0) is 20.8. The SMILES string of the molecule is Cc1cc(C=Cc2ccc([N+](=O)[O-])cc2)ccc1C=Cc1ccc([N+](=O)[O-])cc1. The lowest BCUT2D eigenvalue weighted by Crippen LogP contribution is -1.87. The minimum atomic E-state index is -0.417. The minimum Gasteiger partial charge on any atom is -0.258 e. The number of nitro benzene ring substituents is 2. The van der Waals surface area contributed by atoms with Crippen LogP contribution in [0.15, 0.2) is 66.7 Å². The van der Waals surface area contributed by atoms with Crippen LogP contribution in [0.25, 0.3) is 24.3 Å². The smallest absolute Gasteiger partial charge is 0.258 e. The highest BCUT2D eigenvalue weighted by molar-refractivity contribution is 5.74. The fraction of sp³-hybridized carbons (Fsp3) is 0.0435. The summed E-state index contributed by atoms with van der Waals surface area (Å²) in [6.07, 6.45) is 7.75. The molecule has 144 valence electrons. The van der Waals surface area contributed by atoms with Gasteiger partial charge in [0, 0.05) is 24.3 Å². The van der Waals surface area contributed by atoms with Crippen molar-refractivity contribution >= 4 is 35.7 Å². The summed E-state index contributed by atoms with van der Waals surface area (Å²) in [5.41, 5.74) is 5.08. The molecule has 0 atom stereocenters. The van der Waals surface area contributed by atoms with Crippen LogP contribution in [-0.2, 0) is 0 Å². The fourth-order valence-corrected chi connectivity index (χ4v) is 2.78. The summed E-state index contributed by atoms with van der Waals surface area (Å²) in [5.74, 6) is 0. The zero-order valence-electron chi connectivity index (χ0n) is 15.7. The lowest BCUT2D eigenvalue weighted by Gasteiger charge is -2.03. The fourth-order valence-electron chi connectivity index (χ4n) is 2.78. The Bertz CT molecular complexity index is 1100. The van der Waals surface area contributed by atoms with Crippen molar-refractivity contribution in [3.8, 4) is 0 Å². The van der Waals surface area contributed by atoms with Crippen LogP contribution in [0, 0.1) is 27.2 Å². The third-order valence-electron chi connectivity index (χ3n) is 4.43. The number of non-ortho nitro benzene ring substituents is 2. The summed E-state index contributed by atoms with van der Waals surface area (Å²) in [6, 6.07) is 18.8. The third-order valence-corrected chi connectivity index (χ3v) is 4.43. The first-order chi connectivity index (χ1) is 13.9. The molecule has 0 aromatic heterocycles. The summed E-state index contributed by atoms with van der Waals surface area (Å²) in [6.45, 7) is 2.01. The van der Waals surface area contributed by atoms with E-state index in [2.05, 4.69) is 6.07 Å². The molecule has 6 nitrogen and oxygen atoms in total. The van der Waals surface area contributed by atoms with E-state index in [0.717, 1.165) is 27.8 Å². The van der Waals surface area contributed by atoms with Crippen molar-refractivity contribution in [1.82, 2.24) is 0 Å². The Balaban J connectivity index is 1.70. The molecule has 0 saturated heterocycles. The van der Waals surface area contributed by atoms with Crippen LogP contribution in [-0.4, -0.2) is 9.85 Å². The van der Waals surface area contributed by atoms with Crippen LogP contribution in [0.2, 0.25) is 0 Å². The van der Waals surface area contributed by atoms with E-state index in [-0.39, 0.29) is 11.4 Å². The van der Waals surface area contributed by atoms with Crippen LogP contribution in [0.1, 0.15) is 27.8 Å². The lowest BCUT2D eigenvalue weighted by molar-refractivity contribution is -0.385. The number of benzene rings is 3. The monoisotopic (exact) mass is 386 g/mol. The Labute approximate surface area is 167 Å². The van der Waals surface area contributed by atoms with Gasteiger partial charge in [0.15, 0.2) is 0 Å². The van der Waals surface area contributed by atoms with Crippen LogP contribution >= 0.6 is 0 Å². The second-order valence-corrected chi connectivity index (χ2v) is 6.48. The van der Waals surface area contributed by atoms with Gasteiger partial charge in [-0.2, -0.15) is 0 Å². The highest BCUT2D eigenvalue weighted by atomic mass is 16.6. The highest BCUT2D eigenvalue weighted by Gasteiger charge is 2.03. The van der Waals surface area contributed by atoms with Crippen molar-refractivity contribution in [2.24, 2.45) is 0 Å². The van der Waals surface area contributed by atoms with Gasteiger partial charge in [-0.15, -0.1) is 0 Å². The molecule has 0 bridgehead atoms. The predicted octanol–water partition coefficient (Wildman–Crippen LogP) is 6.15. The molecule has 0 unspecified atom stereocenters. The van der Waals surface area contributed by atoms with Gasteiger partial charge in [0.25, 0.3) is 11.4 Å². The lowest BCUT2D eigenvalue weighted by atomic mass is 10.0.